The van der Waals surface area contributed by atoms with Crippen molar-refractivity contribution >= 4 is 39.5 Å². The summed E-state index contributed by atoms with van der Waals surface area (Å²) < 4.78 is 1.26. The van der Waals surface area contributed by atoms with E-state index < -0.39 is 0 Å². The topological polar surface area (TPSA) is 78.6 Å². The molecule has 7 nitrogen and oxygen atoms in total. The molecule has 7 heteroatoms. The highest BCUT2D eigenvalue weighted by atomic mass is 16.1. The first-order chi connectivity index (χ1) is 19.2. The zero-order valence-electron chi connectivity index (χ0n) is 21.0. The number of nitrogens with one attached hydrogen (secondary N) is 1. The Balaban J connectivity index is 1.18. The van der Waals surface area contributed by atoms with Crippen molar-refractivity contribution in [2.45, 2.75) is 12.5 Å². The number of nitrogens with zero attached hydrogens (tertiary/aromatic N) is 5. The average molecular weight is 509 g/mol. The minimum absolute atomic E-state index is 0.105. The maximum Gasteiger partial charge on any atom is 0.298 e. The summed E-state index contributed by atoms with van der Waals surface area (Å²) in [6.45, 7) is 0. The van der Waals surface area contributed by atoms with Crippen molar-refractivity contribution in [3.63, 3.8) is 0 Å². The molecule has 3 heterocycles. The van der Waals surface area contributed by atoms with Crippen LogP contribution in [0.15, 0.2) is 131 Å². The predicted molar refractivity (Wildman–Crippen MR) is 157 cm³/mol. The van der Waals surface area contributed by atoms with E-state index in [-0.39, 0.29) is 11.6 Å². The Morgan fingerprint density at radius 2 is 1.56 bits per heavy atom. The highest BCUT2D eigenvalue weighted by Gasteiger charge is 2.29. The lowest BCUT2D eigenvalue weighted by molar-refractivity contribution is 0.709. The van der Waals surface area contributed by atoms with E-state index in [4.69, 9.17) is 5.10 Å². The number of fused-ring (bicyclic) bond motifs is 3. The maximum atomic E-state index is 13.0. The molecule has 0 radical (unpaired) electrons. The molecular formula is C32H24N6O. The molecule has 6 aromatic rings. The van der Waals surface area contributed by atoms with Crippen LogP contribution in [0.2, 0.25) is 0 Å². The fourth-order valence-electron chi connectivity index (χ4n) is 5.11. The van der Waals surface area contributed by atoms with Crippen molar-refractivity contribution < 1.29 is 0 Å². The SMILES string of the molecule is O=c1c2[nH]c3ccccc3c2ncn1N=Cc1ccc(N2N=C(c3ccccc3)CC2c2ccccc2)cc1. The van der Waals surface area contributed by atoms with Crippen molar-refractivity contribution in [3.8, 4) is 0 Å². The molecule has 1 aliphatic rings. The second-order valence-electron chi connectivity index (χ2n) is 9.51. The molecule has 0 saturated heterocycles. The Labute approximate surface area is 224 Å². The Hall–Kier alpha value is -5.30. The fraction of sp³-hybridized carbons (Fsp3) is 0.0625. The number of aromatic nitrogens is 3. The second-order valence-corrected chi connectivity index (χ2v) is 9.51. The van der Waals surface area contributed by atoms with Crippen molar-refractivity contribution in [2.75, 3.05) is 5.01 Å². The normalized spacial score (nSPS) is 15.4. The lowest BCUT2D eigenvalue weighted by Gasteiger charge is -2.24. The quantitative estimate of drug-likeness (QED) is 0.285. The van der Waals surface area contributed by atoms with Crippen LogP contribution in [-0.4, -0.2) is 26.6 Å². The van der Waals surface area contributed by atoms with E-state index in [1.54, 1.807) is 6.21 Å². The van der Waals surface area contributed by atoms with Crippen molar-refractivity contribution in [1.29, 1.82) is 0 Å². The van der Waals surface area contributed by atoms with Gasteiger partial charge in [0.1, 0.15) is 17.4 Å². The molecule has 1 unspecified atom stereocenters. The van der Waals surface area contributed by atoms with Gasteiger partial charge in [0.25, 0.3) is 5.56 Å². The molecule has 0 saturated carbocycles. The molecule has 39 heavy (non-hydrogen) atoms. The zero-order chi connectivity index (χ0) is 26.2. The van der Waals surface area contributed by atoms with E-state index in [1.807, 2.05) is 72.8 Å². The van der Waals surface area contributed by atoms with Gasteiger partial charge < -0.3 is 4.98 Å². The third kappa shape index (κ3) is 4.20. The van der Waals surface area contributed by atoms with Crippen molar-refractivity contribution in [3.05, 3.63) is 143 Å². The number of hydrazone groups is 1. The molecule has 0 spiro atoms. The maximum absolute atomic E-state index is 13.0. The summed E-state index contributed by atoms with van der Waals surface area (Å²) in [4.78, 5) is 20.7. The van der Waals surface area contributed by atoms with Crippen LogP contribution in [0.25, 0.3) is 21.9 Å². The van der Waals surface area contributed by atoms with Gasteiger partial charge in [-0.2, -0.15) is 14.9 Å². The molecule has 0 aliphatic carbocycles. The zero-order valence-corrected chi connectivity index (χ0v) is 21.0. The first-order valence-corrected chi connectivity index (χ1v) is 12.8. The Morgan fingerprint density at radius 1 is 0.846 bits per heavy atom. The predicted octanol–water partition coefficient (Wildman–Crippen LogP) is 6.12. The third-order valence-corrected chi connectivity index (χ3v) is 7.09. The number of anilines is 1. The van der Waals surface area contributed by atoms with E-state index in [0.717, 1.165) is 39.8 Å². The summed E-state index contributed by atoms with van der Waals surface area (Å²) in [5.74, 6) is 0. The van der Waals surface area contributed by atoms with E-state index in [0.29, 0.717) is 11.0 Å². The summed E-state index contributed by atoms with van der Waals surface area (Å²) in [5, 5.41) is 12.4. The van der Waals surface area contributed by atoms with Gasteiger partial charge in [0.2, 0.25) is 0 Å². The molecular weight excluding hydrogens is 484 g/mol. The molecule has 2 aromatic heterocycles. The first-order valence-electron chi connectivity index (χ1n) is 12.8. The summed E-state index contributed by atoms with van der Waals surface area (Å²) in [6.07, 6.45) is 3.95. The van der Waals surface area contributed by atoms with Gasteiger partial charge in [-0.25, -0.2) is 4.98 Å². The van der Waals surface area contributed by atoms with Gasteiger partial charge in [-0.05, 0) is 34.9 Å². The summed E-state index contributed by atoms with van der Waals surface area (Å²) in [5.41, 5.74) is 7.01. The minimum atomic E-state index is -0.241. The second kappa shape index (κ2) is 9.54. The molecule has 0 amide bonds. The van der Waals surface area contributed by atoms with Crippen LogP contribution in [0.1, 0.15) is 29.2 Å². The molecule has 4 aromatic carbocycles. The van der Waals surface area contributed by atoms with E-state index >= 15 is 0 Å². The van der Waals surface area contributed by atoms with Crippen LogP contribution in [0.4, 0.5) is 5.69 Å². The summed E-state index contributed by atoms with van der Waals surface area (Å²) >= 11 is 0. The average Bonchev–Trinajstić information content (AvgIpc) is 3.61. The van der Waals surface area contributed by atoms with Gasteiger partial charge in [0.05, 0.1) is 23.7 Å². The van der Waals surface area contributed by atoms with Gasteiger partial charge in [-0.1, -0.05) is 91.0 Å². The highest BCUT2D eigenvalue weighted by Crippen LogP contribution is 2.36. The number of hydrogen-bond acceptors (Lipinski definition) is 5. The standard InChI is InChI=1S/C32H24N6O/c39-32-31-30(26-13-7-8-14-27(26)35-31)33-21-37(32)34-20-22-15-17-25(18-16-22)38-29(24-11-5-2-6-12-24)19-28(36-38)23-9-3-1-4-10-23/h1-18,20-21,29,35H,19H2. The van der Waals surface area contributed by atoms with Crippen molar-refractivity contribution in [2.24, 2.45) is 10.2 Å². The van der Waals surface area contributed by atoms with Crippen molar-refractivity contribution in [1.82, 2.24) is 14.6 Å². The lowest BCUT2D eigenvalue weighted by atomic mass is 9.98. The summed E-state index contributed by atoms with van der Waals surface area (Å²) in [6, 6.07) is 36.7. The van der Waals surface area contributed by atoms with Gasteiger partial charge in [0.15, 0.2) is 0 Å². The van der Waals surface area contributed by atoms with Gasteiger partial charge in [0, 0.05) is 17.3 Å². The molecule has 1 atom stereocenters. The molecule has 188 valence electrons. The van der Waals surface area contributed by atoms with Crippen LogP contribution in [0, 0.1) is 0 Å². The van der Waals surface area contributed by atoms with Crippen LogP contribution < -0.4 is 10.6 Å². The number of H-pyrrole nitrogens is 1. The first kappa shape index (κ1) is 22.9. The van der Waals surface area contributed by atoms with E-state index in [2.05, 4.69) is 56.5 Å². The molecule has 0 bridgehead atoms. The number of benzene rings is 4. The molecule has 7 rings (SSSR count). The number of aromatic amines is 1. The number of para-hydroxylation sites is 1. The number of rotatable bonds is 5. The molecule has 1 N–H and O–H groups in total. The monoisotopic (exact) mass is 508 g/mol. The van der Waals surface area contributed by atoms with Crippen LogP contribution in [0.3, 0.4) is 0 Å². The largest absolute Gasteiger partial charge is 0.349 e. The lowest BCUT2D eigenvalue weighted by Crippen LogP contribution is -2.18. The summed E-state index contributed by atoms with van der Waals surface area (Å²) in [7, 11) is 0. The Kier molecular flexibility index (Phi) is 5.59. The van der Waals surface area contributed by atoms with Crippen LogP contribution >= 0.6 is 0 Å². The van der Waals surface area contributed by atoms with Crippen LogP contribution in [0.5, 0.6) is 0 Å². The molecule has 0 fully saturated rings. The van der Waals surface area contributed by atoms with E-state index in [1.165, 1.54) is 16.6 Å². The highest BCUT2D eigenvalue weighted by molar-refractivity contribution is 6.04. The van der Waals surface area contributed by atoms with E-state index in [9.17, 15) is 4.79 Å². The van der Waals surface area contributed by atoms with Crippen LogP contribution in [-0.2, 0) is 0 Å². The smallest absolute Gasteiger partial charge is 0.298 e. The Morgan fingerprint density at radius 3 is 2.36 bits per heavy atom. The van der Waals surface area contributed by atoms with Gasteiger partial charge in [-0.15, -0.1) is 0 Å². The Bertz CT molecular complexity index is 1900. The molecule has 1 aliphatic heterocycles. The van der Waals surface area contributed by atoms with Gasteiger partial charge >= 0.3 is 0 Å². The third-order valence-electron chi connectivity index (χ3n) is 7.09. The fourth-order valence-corrected chi connectivity index (χ4v) is 5.11. The number of hydrogen-bond donors (Lipinski definition) is 1. The minimum Gasteiger partial charge on any atom is -0.349 e. The van der Waals surface area contributed by atoms with Gasteiger partial charge in [-0.3, -0.25) is 9.80 Å².